The number of benzene rings is 1. The molecule has 0 fully saturated rings. The minimum atomic E-state index is -4.70. The number of nitro benzene ring substituents is 1. The highest BCUT2D eigenvalue weighted by atomic mass is 19.4. The molecular formula is C13H8F3N3O3. The van der Waals surface area contributed by atoms with Crippen molar-refractivity contribution < 1.29 is 18.1 Å². The lowest BCUT2D eigenvalue weighted by Gasteiger charge is -2.05. The van der Waals surface area contributed by atoms with Crippen molar-refractivity contribution in [2.75, 3.05) is 0 Å². The Morgan fingerprint density at radius 1 is 1.23 bits per heavy atom. The number of nitrogens with one attached hydrogen (secondary N) is 1. The summed E-state index contributed by atoms with van der Waals surface area (Å²) in [7, 11) is 0. The fourth-order valence-electron chi connectivity index (χ4n) is 1.64. The van der Waals surface area contributed by atoms with Crippen LogP contribution in [0.3, 0.4) is 0 Å². The maximum absolute atomic E-state index is 12.6. The van der Waals surface area contributed by atoms with Crippen molar-refractivity contribution in [1.29, 1.82) is 0 Å². The molecule has 2 aromatic rings. The molecule has 0 amide bonds. The summed E-state index contributed by atoms with van der Waals surface area (Å²) < 4.78 is 37.7. The summed E-state index contributed by atoms with van der Waals surface area (Å²) in [5.74, 6) is 0. The summed E-state index contributed by atoms with van der Waals surface area (Å²) >= 11 is 0. The molecule has 22 heavy (non-hydrogen) atoms. The van der Waals surface area contributed by atoms with Gasteiger partial charge < -0.3 is 4.98 Å². The molecule has 114 valence electrons. The van der Waals surface area contributed by atoms with Crippen molar-refractivity contribution in [3.63, 3.8) is 0 Å². The molecule has 1 aromatic heterocycles. The van der Waals surface area contributed by atoms with E-state index < -0.39 is 22.5 Å². The average molecular weight is 311 g/mol. The molecule has 0 bridgehead atoms. The predicted octanol–water partition coefficient (Wildman–Crippen LogP) is 2.87. The third kappa shape index (κ3) is 3.78. The van der Waals surface area contributed by atoms with Crippen LogP contribution in [0, 0.1) is 10.1 Å². The maximum atomic E-state index is 12.6. The van der Waals surface area contributed by atoms with Crippen molar-refractivity contribution >= 4 is 17.8 Å². The number of H-pyrrole nitrogens is 1. The number of nitrogens with zero attached hydrogens (tertiary/aromatic N) is 2. The molecule has 0 aliphatic heterocycles. The van der Waals surface area contributed by atoms with Gasteiger partial charge in [-0.15, -0.1) is 0 Å². The van der Waals surface area contributed by atoms with Crippen molar-refractivity contribution in [2.24, 2.45) is 0 Å². The molecule has 1 heterocycles. The quantitative estimate of drug-likeness (QED) is 0.697. The lowest BCUT2D eigenvalue weighted by molar-refractivity contribution is -0.384. The number of rotatable bonds is 3. The van der Waals surface area contributed by atoms with Gasteiger partial charge in [-0.1, -0.05) is 18.2 Å². The first-order valence-electron chi connectivity index (χ1n) is 5.87. The second-order valence-corrected chi connectivity index (χ2v) is 4.21. The van der Waals surface area contributed by atoms with Gasteiger partial charge in [-0.05, 0) is 17.7 Å². The van der Waals surface area contributed by atoms with Gasteiger partial charge in [-0.2, -0.15) is 18.2 Å². The first-order chi connectivity index (χ1) is 10.3. The van der Waals surface area contributed by atoms with E-state index in [4.69, 9.17) is 0 Å². The molecule has 0 radical (unpaired) electrons. The summed E-state index contributed by atoms with van der Waals surface area (Å²) in [5.41, 5.74) is -2.32. The zero-order chi connectivity index (χ0) is 16.3. The van der Waals surface area contributed by atoms with Crippen LogP contribution >= 0.6 is 0 Å². The Morgan fingerprint density at radius 2 is 1.95 bits per heavy atom. The lowest BCUT2D eigenvalue weighted by Crippen LogP contribution is -2.19. The van der Waals surface area contributed by atoms with Gasteiger partial charge in [0.1, 0.15) is 5.69 Å². The van der Waals surface area contributed by atoms with Gasteiger partial charge in [0.15, 0.2) is 0 Å². The van der Waals surface area contributed by atoms with E-state index in [0.717, 1.165) is 0 Å². The number of alkyl halides is 3. The van der Waals surface area contributed by atoms with Crippen molar-refractivity contribution in [3.05, 3.63) is 67.9 Å². The van der Waals surface area contributed by atoms with E-state index in [2.05, 4.69) is 4.98 Å². The molecule has 2 rings (SSSR count). The fourth-order valence-corrected chi connectivity index (χ4v) is 1.64. The molecule has 9 heteroatoms. The molecule has 0 unspecified atom stereocenters. The van der Waals surface area contributed by atoms with Crippen molar-refractivity contribution in [2.45, 2.75) is 6.18 Å². The van der Waals surface area contributed by atoms with Crippen LogP contribution in [0.25, 0.3) is 12.2 Å². The largest absolute Gasteiger partial charge is 0.431 e. The average Bonchev–Trinajstić information content (AvgIpc) is 2.44. The molecule has 0 aliphatic carbocycles. The van der Waals surface area contributed by atoms with E-state index in [1.807, 2.05) is 0 Å². The Balaban J connectivity index is 2.34. The smallest absolute Gasteiger partial charge is 0.302 e. The van der Waals surface area contributed by atoms with Gasteiger partial charge in [-0.25, -0.2) is 4.79 Å². The van der Waals surface area contributed by atoms with Crippen LogP contribution in [0.4, 0.5) is 18.9 Å². The highest BCUT2D eigenvalue weighted by molar-refractivity contribution is 5.69. The topological polar surface area (TPSA) is 88.9 Å². The van der Waals surface area contributed by atoms with Gasteiger partial charge >= 0.3 is 11.9 Å². The van der Waals surface area contributed by atoms with Crippen molar-refractivity contribution in [1.82, 2.24) is 9.97 Å². The molecule has 0 saturated carbocycles. The summed E-state index contributed by atoms with van der Waals surface area (Å²) in [5, 5.41) is 10.6. The first kappa shape index (κ1) is 15.4. The zero-order valence-corrected chi connectivity index (χ0v) is 10.8. The van der Waals surface area contributed by atoms with Crippen LogP contribution in [0.1, 0.15) is 17.0 Å². The third-order valence-corrected chi connectivity index (χ3v) is 2.60. The van der Waals surface area contributed by atoms with Crippen LogP contribution in [0.15, 0.2) is 35.1 Å². The lowest BCUT2D eigenvalue weighted by atomic mass is 10.1. The molecule has 0 saturated heterocycles. The normalized spacial score (nSPS) is 11.8. The maximum Gasteiger partial charge on any atom is 0.431 e. The number of aromatic nitrogens is 2. The fraction of sp³-hybridized carbons (Fsp3) is 0.0769. The van der Waals surface area contributed by atoms with Gasteiger partial charge in [0, 0.05) is 12.1 Å². The highest BCUT2D eigenvalue weighted by Gasteiger charge is 2.32. The number of non-ortho nitro benzene ring substituents is 1. The number of hydrogen-bond donors (Lipinski definition) is 1. The van der Waals surface area contributed by atoms with Gasteiger partial charge in [0.25, 0.3) is 5.69 Å². The van der Waals surface area contributed by atoms with E-state index >= 15 is 0 Å². The van der Waals surface area contributed by atoms with E-state index in [0.29, 0.717) is 11.6 Å². The minimum Gasteiger partial charge on any atom is -0.302 e. The summed E-state index contributed by atoms with van der Waals surface area (Å²) in [6.45, 7) is 0. The Hall–Kier alpha value is -2.97. The van der Waals surface area contributed by atoms with Crippen LogP contribution in [0.5, 0.6) is 0 Å². The molecular weight excluding hydrogens is 303 g/mol. The van der Waals surface area contributed by atoms with E-state index in [-0.39, 0.29) is 11.4 Å². The Labute approximate surface area is 121 Å². The molecule has 1 aromatic carbocycles. The van der Waals surface area contributed by atoms with Crippen LogP contribution < -0.4 is 5.69 Å². The molecule has 0 atom stereocenters. The zero-order valence-electron chi connectivity index (χ0n) is 10.8. The van der Waals surface area contributed by atoms with Crippen LogP contribution in [0.2, 0.25) is 0 Å². The number of nitro groups is 1. The van der Waals surface area contributed by atoms with Crippen LogP contribution in [-0.2, 0) is 6.18 Å². The molecule has 6 nitrogen and oxygen atoms in total. The predicted molar refractivity (Wildman–Crippen MR) is 71.9 cm³/mol. The Bertz CT molecular complexity index is 797. The van der Waals surface area contributed by atoms with E-state index in [1.54, 1.807) is 4.98 Å². The van der Waals surface area contributed by atoms with Gasteiger partial charge in [0.05, 0.1) is 10.6 Å². The van der Waals surface area contributed by atoms with Crippen molar-refractivity contribution in [3.8, 4) is 0 Å². The van der Waals surface area contributed by atoms with E-state index in [1.165, 1.54) is 36.4 Å². The third-order valence-electron chi connectivity index (χ3n) is 2.60. The molecule has 0 spiro atoms. The Morgan fingerprint density at radius 3 is 2.59 bits per heavy atom. The number of aromatic amines is 1. The standard InChI is InChI=1S/C13H8F3N3O3/c14-13(15,16)11-7-9(17-12(20)18-11)5-4-8-2-1-3-10(6-8)19(21)22/h1-7H,(H,17,18,20)/b5-4+. The highest BCUT2D eigenvalue weighted by Crippen LogP contribution is 2.27. The van der Waals surface area contributed by atoms with E-state index in [9.17, 15) is 28.1 Å². The summed E-state index contributed by atoms with van der Waals surface area (Å²) in [4.78, 5) is 26.1. The number of halogens is 3. The summed E-state index contributed by atoms with van der Waals surface area (Å²) in [6, 6.07) is 6.17. The second-order valence-electron chi connectivity index (χ2n) is 4.21. The minimum absolute atomic E-state index is 0.156. The van der Waals surface area contributed by atoms with Gasteiger partial charge in [-0.3, -0.25) is 10.1 Å². The Kier molecular flexibility index (Phi) is 4.06. The molecule has 0 aliphatic rings. The number of hydrogen-bond acceptors (Lipinski definition) is 4. The molecule has 1 N–H and O–H groups in total. The SMILES string of the molecule is O=c1nc(/C=C/c2cccc([N+](=O)[O-])c2)cc(C(F)(F)F)[nH]1. The van der Waals surface area contributed by atoms with Crippen LogP contribution in [-0.4, -0.2) is 14.9 Å². The first-order valence-corrected chi connectivity index (χ1v) is 5.87. The van der Waals surface area contributed by atoms with Gasteiger partial charge in [0.2, 0.25) is 0 Å². The summed E-state index contributed by atoms with van der Waals surface area (Å²) in [6.07, 6.45) is -2.20. The second kappa shape index (κ2) is 5.80. The monoisotopic (exact) mass is 311 g/mol.